The van der Waals surface area contributed by atoms with Gasteiger partial charge in [0, 0.05) is 5.02 Å². The van der Waals surface area contributed by atoms with E-state index in [0.717, 1.165) is 16.9 Å². The van der Waals surface area contributed by atoms with Gasteiger partial charge >= 0.3 is 5.97 Å². The van der Waals surface area contributed by atoms with E-state index in [9.17, 15) is 9.59 Å². The lowest BCUT2D eigenvalue weighted by molar-refractivity contribution is -0.143. The normalized spacial score (nSPS) is 15.9. The topological polar surface area (TPSA) is 69.9 Å². The summed E-state index contributed by atoms with van der Waals surface area (Å²) in [6.45, 7) is 9.27. The van der Waals surface area contributed by atoms with Gasteiger partial charge in [0.05, 0.1) is 34.1 Å². The predicted molar refractivity (Wildman–Crippen MR) is 139 cm³/mol. The maximum atomic E-state index is 13.7. The highest BCUT2D eigenvalue weighted by atomic mass is 35.5. The van der Waals surface area contributed by atoms with Crippen molar-refractivity contribution < 1.29 is 14.3 Å². The monoisotopic (exact) mass is 510 g/mol. The number of nitrogens with zero attached hydrogens (tertiary/aromatic N) is 2. The molecular formula is C27H27ClN2O4S. The Morgan fingerprint density at radius 3 is 2.49 bits per heavy atom. The SMILES string of the molecule is CC1=C(C(=O)OC(C)C)C(c2ccc(Cl)cc2)n2c(sc(=Cc3cccc(OC(C)C)c3)c2=O)=N1. The largest absolute Gasteiger partial charge is 0.491 e. The maximum Gasteiger partial charge on any atom is 0.338 e. The molecule has 1 aromatic heterocycles. The number of carbonyl (C=O) groups is 1. The van der Waals surface area contributed by atoms with Crippen molar-refractivity contribution in [2.45, 2.75) is 52.9 Å². The first-order valence-electron chi connectivity index (χ1n) is 11.4. The fourth-order valence-corrected chi connectivity index (χ4v) is 5.09. The summed E-state index contributed by atoms with van der Waals surface area (Å²) in [5.41, 5.74) is 2.22. The number of hydrogen-bond acceptors (Lipinski definition) is 6. The summed E-state index contributed by atoms with van der Waals surface area (Å²) in [5, 5.41) is 0.566. The number of ether oxygens (including phenoxy) is 2. The van der Waals surface area contributed by atoms with Gasteiger partial charge in [-0.25, -0.2) is 9.79 Å². The number of rotatable bonds is 6. The molecule has 0 saturated carbocycles. The molecule has 8 heteroatoms. The average molecular weight is 511 g/mol. The van der Waals surface area contributed by atoms with Gasteiger partial charge in [-0.1, -0.05) is 47.2 Å². The van der Waals surface area contributed by atoms with Crippen LogP contribution in [0.4, 0.5) is 0 Å². The first-order valence-corrected chi connectivity index (χ1v) is 12.6. The molecule has 4 rings (SSSR count). The number of halogens is 1. The van der Waals surface area contributed by atoms with Crippen LogP contribution in [0.3, 0.4) is 0 Å². The number of fused-ring (bicyclic) bond motifs is 1. The summed E-state index contributed by atoms with van der Waals surface area (Å²) in [6, 6.07) is 14.0. The summed E-state index contributed by atoms with van der Waals surface area (Å²) < 4.78 is 13.4. The Balaban J connectivity index is 1.89. The van der Waals surface area contributed by atoms with Crippen molar-refractivity contribution in [3.63, 3.8) is 0 Å². The molecule has 0 radical (unpaired) electrons. The van der Waals surface area contributed by atoms with Crippen molar-refractivity contribution in [1.82, 2.24) is 4.57 Å². The molecule has 1 unspecified atom stereocenters. The first-order chi connectivity index (χ1) is 16.6. The molecule has 0 saturated heterocycles. The molecule has 1 atom stereocenters. The smallest absolute Gasteiger partial charge is 0.338 e. The zero-order valence-corrected chi connectivity index (χ0v) is 21.8. The molecule has 2 aromatic carbocycles. The number of esters is 1. The van der Waals surface area contributed by atoms with Gasteiger partial charge in [-0.05, 0) is 76.1 Å². The zero-order valence-electron chi connectivity index (χ0n) is 20.2. The summed E-state index contributed by atoms with van der Waals surface area (Å²) in [5.74, 6) is 0.240. The van der Waals surface area contributed by atoms with E-state index in [1.807, 2.05) is 56.3 Å². The van der Waals surface area contributed by atoms with Crippen LogP contribution >= 0.6 is 22.9 Å². The van der Waals surface area contributed by atoms with Crippen molar-refractivity contribution >= 4 is 35.0 Å². The quantitative estimate of drug-likeness (QED) is 0.453. The molecule has 6 nitrogen and oxygen atoms in total. The number of carbonyl (C=O) groups excluding carboxylic acids is 1. The number of aromatic nitrogens is 1. The molecule has 1 aliphatic rings. The fourth-order valence-electron chi connectivity index (χ4n) is 3.92. The van der Waals surface area contributed by atoms with Crippen molar-refractivity contribution in [2.24, 2.45) is 4.99 Å². The van der Waals surface area contributed by atoms with Crippen LogP contribution in [0.1, 0.15) is 51.8 Å². The van der Waals surface area contributed by atoms with E-state index in [-0.39, 0.29) is 17.8 Å². The highest BCUT2D eigenvalue weighted by molar-refractivity contribution is 7.07. The Hall–Kier alpha value is -3.16. The number of allylic oxidation sites excluding steroid dienone is 1. The molecule has 1 aliphatic heterocycles. The van der Waals surface area contributed by atoms with Crippen molar-refractivity contribution in [3.8, 4) is 5.75 Å². The summed E-state index contributed by atoms with van der Waals surface area (Å²) in [6.07, 6.45) is 1.56. The summed E-state index contributed by atoms with van der Waals surface area (Å²) in [4.78, 5) is 31.9. The molecule has 0 N–H and O–H groups in total. The van der Waals surface area contributed by atoms with E-state index in [4.69, 9.17) is 21.1 Å². The molecule has 3 aromatic rings. The van der Waals surface area contributed by atoms with Crippen LogP contribution in [-0.2, 0) is 9.53 Å². The fraction of sp³-hybridized carbons (Fsp3) is 0.296. The lowest BCUT2D eigenvalue weighted by Crippen LogP contribution is -2.40. The van der Waals surface area contributed by atoms with Crippen molar-refractivity contribution in [1.29, 1.82) is 0 Å². The highest BCUT2D eigenvalue weighted by Gasteiger charge is 2.33. The van der Waals surface area contributed by atoms with E-state index in [2.05, 4.69) is 4.99 Å². The molecule has 2 heterocycles. The zero-order chi connectivity index (χ0) is 25.3. The van der Waals surface area contributed by atoms with Crippen LogP contribution in [0.15, 0.2) is 69.6 Å². The van der Waals surface area contributed by atoms with Gasteiger partial charge in [-0.2, -0.15) is 0 Å². The van der Waals surface area contributed by atoms with Crippen molar-refractivity contribution in [3.05, 3.63) is 95.6 Å². The Morgan fingerprint density at radius 2 is 1.83 bits per heavy atom. The third kappa shape index (κ3) is 5.41. The summed E-state index contributed by atoms with van der Waals surface area (Å²) >= 11 is 7.40. The van der Waals surface area contributed by atoms with Crippen LogP contribution in [0.25, 0.3) is 6.08 Å². The lowest BCUT2D eigenvalue weighted by Gasteiger charge is -2.25. The summed E-state index contributed by atoms with van der Waals surface area (Å²) in [7, 11) is 0. The standard InChI is InChI=1S/C27H27ClN2O4S/c1-15(2)33-21-8-6-7-18(13-21)14-22-25(31)30-24(19-9-11-20(28)12-10-19)23(26(32)34-16(3)4)17(5)29-27(30)35-22/h6-16,24H,1-5H3. The minimum Gasteiger partial charge on any atom is -0.491 e. The number of thiazole rings is 1. The van der Waals surface area contributed by atoms with E-state index in [1.54, 1.807) is 37.5 Å². The lowest BCUT2D eigenvalue weighted by atomic mass is 9.96. The average Bonchev–Trinajstić information content (AvgIpc) is 3.07. The van der Waals surface area contributed by atoms with Gasteiger partial charge in [-0.3, -0.25) is 9.36 Å². The molecule has 0 amide bonds. The molecule has 0 fully saturated rings. The van der Waals surface area contributed by atoms with Crippen molar-refractivity contribution in [2.75, 3.05) is 0 Å². The second-order valence-electron chi connectivity index (χ2n) is 8.83. The van der Waals surface area contributed by atoms with E-state index < -0.39 is 12.0 Å². The van der Waals surface area contributed by atoms with Crippen LogP contribution in [0.5, 0.6) is 5.75 Å². The number of benzene rings is 2. The Bertz CT molecular complexity index is 1470. The third-order valence-electron chi connectivity index (χ3n) is 5.30. The van der Waals surface area contributed by atoms with Gasteiger partial charge in [0.2, 0.25) is 0 Å². The van der Waals surface area contributed by atoms with Gasteiger partial charge in [0.15, 0.2) is 4.80 Å². The molecule has 182 valence electrons. The maximum absolute atomic E-state index is 13.7. The van der Waals surface area contributed by atoms with E-state index in [1.165, 1.54) is 11.3 Å². The Labute approximate surface area is 212 Å². The second kappa shape index (κ2) is 10.2. The van der Waals surface area contributed by atoms with E-state index in [0.29, 0.717) is 25.6 Å². The minimum absolute atomic E-state index is 0.0435. The Morgan fingerprint density at radius 1 is 1.11 bits per heavy atom. The van der Waals surface area contributed by atoms with Gasteiger partial charge < -0.3 is 9.47 Å². The van der Waals surface area contributed by atoms with Gasteiger partial charge in [-0.15, -0.1) is 0 Å². The third-order valence-corrected chi connectivity index (χ3v) is 6.53. The molecule has 0 aliphatic carbocycles. The predicted octanol–water partition coefficient (Wildman–Crippen LogP) is 4.63. The molecule has 35 heavy (non-hydrogen) atoms. The van der Waals surface area contributed by atoms with E-state index >= 15 is 0 Å². The van der Waals surface area contributed by atoms with Gasteiger partial charge in [0.1, 0.15) is 5.75 Å². The van der Waals surface area contributed by atoms with Crippen LogP contribution in [0.2, 0.25) is 5.02 Å². The molecule has 0 spiro atoms. The molecular weight excluding hydrogens is 484 g/mol. The second-order valence-corrected chi connectivity index (χ2v) is 10.3. The highest BCUT2D eigenvalue weighted by Crippen LogP contribution is 2.31. The van der Waals surface area contributed by atoms with Gasteiger partial charge in [0.25, 0.3) is 5.56 Å². The van der Waals surface area contributed by atoms with Crippen LogP contribution in [0, 0.1) is 0 Å². The van der Waals surface area contributed by atoms with Crippen LogP contribution < -0.4 is 19.6 Å². The Kier molecular flexibility index (Phi) is 7.28. The van der Waals surface area contributed by atoms with Crippen LogP contribution in [-0.4, -0.2) is 22.7 Å². The first kappa shape index (κ1) is 24.9. The minimum atomic E-state index is -0.674. The molecule has 0 bridgehead atoms. The number of hydrogen-bond donors (Lipinski definition) is 0.